The van der Waals surface area contributed by atoms with Crippen molar-refractivity contribution in [3.8, 4) is 0 Å². The molecule has 0 aliphatic carbocycles. The van der Waals surface area contributed by atoms with E-state index in [0.29, 0.717) is 23.5 Å². The molecule has 0 radical (unpaired) electrons. The Morgan fingerprint density at radius 3 is 2.41 bits per heavy atom. The van der Waals surface area contributed by atoms with Crippen LogP contribution in [-0.2, 0) is 4.74 Å². The number of anilines is 1. The topological polar surface area (TPSA) is 85.5 Å². The molecule has 2 rings (SSSR count). The molecule has 1 unspecified atom stereocenters. The smallest absolute Gasteiger partial charge is 0.415 e. The molecule has 1 aromatic carbocycles. The Morgan fingerprint density at radius 1 is 1.22 bits per heavy atom. The van der Waals surface area contributed by atoms with Gasteiger partial charge in [0.25, 0.3) is 0 Å². The van der Waals surface area contributed by atoms with Crippen molar-refractivity contribution in [2.75, 3.05) is 11.4 Å². The molecular weight excluding hydrogens is 349 g/mol. The number of carbonyl (C=O) groups excluding carboxylic acids is 2. The summed E-state index contributed by atoms with van der Waals surface area (Å²) in [6.45, 7) is 7.47. The predicted octanol–water partition coefficient (Wildman–Crippen LogP) is 3.86. The highest BCUT2D eigenvalue weighted by molar-refractivity contribution is 6.00. The Kier molecular flexibility index (Phi) is 6.28. The van der Waals surface area contributed by atoms with Gasteiger partial charge >= 0.3 is 6.09 Å². The molecule has 2 N–H and O–H groups in total. The van der Waals surface area contributed by atoms with Crippen LogP contribution in [0.25, 0.3) is 0 Å². The predicted molar refractivity (Wildman–Crippen MR) is 101 cm³/mol. The standard InChI is InChI=1S/C20H24FN3O3/c1-5-24(19(26)27-20(2,3)4)16-12-14(10-11-23-16)17(22)18(25)13-6-8-15(21)9-7-13/h6-12,17H,5,22H2,1-4H3. The molecule has 0 aliphatic rings. The zero-order valence-electron chi connectivity index (χ0n) is 15.9. The molecule has 0 bridgehead atoms. The van der Waals surface area contributed by atoms with E-state index in [9.17, 15) is 14.0 Å². The lowest BCUT2D eigenvalue weighted by molar-refractivity contribution is 0.0581. The molecule has 7 heteroatoms. The molecule has 1 amide bonds. The van der Waals surface area contributed by atoms with Gasteiger partial charge in [-0.2, -0.15) is 0 Å². The minimum Gasteiger partial charge on any atom is -0.443 e. The van der Waals surface area contributed by atoms with Gasteiger partial charge in [-0.25, -0.2) is 14.2 Å². The highest BCUT2D eigenvalue weighted by Crippen LogP contribution is 2.22. The van der Waals surface area contributed by atoms with Gasteiger partial charge in [0, 0.05) is 18.3 Å². The number of nitrogens with zero attached hydrogens (tertiary/aromatic N) is 2. The molecule has 0 saturated heterocycles. The summed E-state index contributed by atoms with van der Waals surface area (Å²) in [6.07, 6.45) is 0.947. The lowest BCUT2D eigenvalue weighted by atomic mass is 9.99. The van der Waals surface area contributed by atoms with E-state index < -0.39 is 23.6 Å². The van der Waals surface area contributed by atoms with Gasteiger partial charge in [0.05, 0.1) is 6.04 Å². The van der Waals surface area contributed by atoms with Crippen LogP contribution in [0.5, 0.6) is 0 Å². The van der Waals surface area contributed by atoms with Gasteiger partial charge < -0.3 is 10.5 Å². The van der Waals surface area contributed by atoms with Crippen molar-refractivity contribution >= 4 is 17.7 Å². The first kappa shape index (κ1) is 20.5. The van der Waals surface area contributed by atoms with Gasteiger partial charge in [-0.3, -0.25) is 9.69 Å². The third-order valence-corrected chi connectivity index (χ3v) is 3.75. The molecule has 2 aromatic rings. The zero-order chi connectivity index (χ0) is 20.2. The maximum atomic E-state index is 13.0. The molecule has 1 atom stereocenters. The Labute approximate surface area is 158 Å². The van der Waals surface area contributed by atoms with E-state index in [0.717, 1.165) is 0 Å². The Bertz CT molecular complexity index is 816. The fraction of sp³-hybridized carbons (Fsp3) is 0.350. The first-order chi connectivity index (χ1) is 12.6. The number of aromatic nitrogens is 1. The summed E-state index contributed by atoms with van der Waals surface area (Å²) in [7, 11) is 0. The minimum absolute atomic E-state index is 0.307. The number of pyridine rings is 1. The maximum absolute atomic E-state index is 13.0. The van der Waals surface area contributed by atoms with Crippen molar-refractivity contribution in [3.63, 3.8) is 0 Å². The van der Waals surface area contributed by atoms with Crippen molar-refractivity contribution in [3.05, 3.63) is 59.5 Å². The van der Waals surface area contributed by atoms with Gasteiger partial charge in [-0.1, -0.05) is 0 Å². The number of carbonyl (C=O) groups is 2. The van der Waals surface area contributed by atoms with Crippen molar-refractivity contribution in [1.82, 2.24) is 4.98 Å². The van der Waals surface area contributed by atoms with Gasteiger partial charge in [0.1, 0.15) is 17.2 Å². The third-order valence-electron chi connectivity index (χ3n) is 3.75. The second-order valence-electron chi connectivity index (χ2n) is 7.02. The molecule has 6 nitrogen and oxygen atoms in total. The summed E-state index contributed by atoms with van der Waals surface area (Å²) in [5.74, 6) is -0.443. The van der Waals surface area contributed by atoms with Gasteiger partial charge in [0.15, 0.2) is 5.78 Å². The van der Waals surface area contributed by atoms with Crippen molar-refractivity contribution < 1.29 is 18.7 Å². The third kappa shape index (κ3) is 5.34. The second-order valence-corrected chi connectivity index (χ2v) is 7.02. The first-order valence-electron chi connectivity index (χ1n) is 8.64. The molecule has 0 saturated carbocycles. The minimum atomic E-state index is -0.963. The average molecular weight is 373 g/mol. The van der Waals surface area contributed by atoms with E-state index in [-0.39, 0.29) is 5.78 Å². The molecule has 0 fully saturated rings. The van der Waals surface area contributed by atoms with Gasteiger partial charge in [-0.15, -0.1) is 0 Å². The second kappa shape index (κ2) is 8.26. The van der Waals surface area contributed by atoms with E-state index in [1.807, 2.05) is 0 Å². The quantitative estimate of drug-likeness (QED) is 0.804. The van der Waals surface area contributed by atoms with E-state index in [1.165, 1.54) is 35.4 Å². The van der Waals surface area contributed by atoms with Crippen molar-refractivity contribution in [1.29, 1.82) is 0 Å². The SMILES string of the molecule is CCN(C(=O)OC(C)(C)C)c1cc(C(N)C(=O)c2ccc(F)cc2)ccn1. The van der Waals surface area contributed by atoms with Gasteiger partial charge in [0.2, 0.25) is 0 Å². The molecular formula is C20H24FN3O3. The summed E-state index contributed by atoms with van der Waals surface area (Å²) >= 11 is 0. The molecule has 27 heavy (non-hydrogen) atoms. The van der Waals surface area contributed by atoms with Crippen LogP contribution >= 0.6 is 0 Å². The summed E-state index contributed by atoms with van der Waals surface area (Å²) in [4.78, 5) is 30.5. The number of ketones is 1. The molecule has 144 valence electrons. The fourth-order valence-electron chi connectivity index (χ4n) is 2.42. The highest BCUT2D eigenvalue weighted by atomic mass is 19.1. The van der Waals surface area contributed by atoms with Crippen LogP contribution in [0.3, 0.4) is 0 Å². The largest absolute Gasteiger partial charge is 0.443 e. The summed E-state index contributed by atoms with van der Waals surface area (Å²) in [5.41, 5.74) is 6.25. The highest BCUT2D eigenvalue weighted by Gasteiger charge is 2.24. The lowest BCUT2D eigenvalue weighted by Crippen LogP contribution is -2.37. The van der Waals surface area contributed by atoms with Gasteiger partial charge in [-0.05, 0) is 69.7 Å². The first-order valence-corrected chi connectivity index (χ1v) is 8.64. The monoisotopic (exact) mass is 373 g/mol. The molecule has 0 spiro atoms. The van der Waals surface area contributed by atoms with Crippen LogP contribution in [0.1, 0.15) is 49.7 Å². The van der Waals surface area contributed by atoms with E-state index in [1.54, 1.807) is 39.8 Å². The number of halogens is 1. The zero-order valence-corrected chi connectivity index (χ0v) is 15.9. The summed E-state index contributed by atoms with van der Waals surface area (Å²) < 4.78 is 18.4. The summed E-state index contributed by atoms with van der Waals surface area (Å²) in [5, 5.41) is 0. The average Bonchev–Trinajstić information content (AvgIpc) is 2.60. The number of nitrogens with two attached hydrogens (primary N) is 1. The fourth-order valence-corrected chi connectivity index (χ4v) is 2.42. The normalized spacial score (nSPS) is 12.4. The number of ether oxygens (including phenoxy) is 1. The van der Waals surface area contributed by atoms with Crippen LogP contribution in [0.2, 0.25) is 0 Å². The molecule has 1 aromatic heterocycles. The Morgan fingerprint density at radius 2 is 1.85 bits per heavy atom. The van der Waals surface area contributed by atoms with E-state index >= 15 is 0 Å². The number of rotatable bonds is 5. The molecule has 1 heterocycles. The van der Waals surface area contributed by atoms with E-state index in [2.05, 4.69) is 4.98 Å². The van der Waals surface area contributed by atoms with Crippen LogP contribution in [-0.4, -0.2) is 29.0 Å². The van der Waals surface area contributed by atoms with Crippen LogP contribution in [0.15, 0.2) is 42.6 Å². The molecule has 0 aliphatic heterocycles. The van der Waals surface area contributed by atoms with Crippen LogP contribution in [0, 0.1) is 5.82 Å². The Balaban J connectivity index is 2.26. The maximum Gasteiger partial charge on any atom is 0.415 e. The number of Topliss-reactive ketones (excluding diaryl/α,β-unsaturated/α-hetero) is 1. The lowest BCUT2D eigenvalue weighted by Gasteiger charge is -2.26. The number of hydrogen-bond donors (Lipinski definition) is 1. The number of amides is 1. The Hall–Kier alpha value is -2.80. The van der Waals surface area contributed by atoms with E-state index in [4.69, 9.17) is 10.5 Å². The van der Waals surface area contributed by atoms with Crippen molar-refractivity contribution in [2.45, 2.75) is 39.3 Å². The summed E-state index contributed by atoms with van der Waals surface area (Å²) in [6, 6.07) is 7.42. The number of hydrogen-bond acceptors (Lipinski definition) is 5. The van der Waals surface area contributed by atoms with Crippen molar-refractivity contribution in [2.24, 2.45) is 5.73 Å². The number of benzene rings is 1. The van der Waals surface area contributed by atoms with Crippen LogP contribution in [0.4, 0.5) is 15.0 Å². The van der Waals surface area contributed by atoms with Crippen LogP contribution < -0.4 is 10.6 Å².